The average molecular weight is 629 g/mol. The van der Waals surface area contributed by atoms with Gasteiger partial charge in [-0.3, -0.25) is 9.59 Å². The first-order valence-corrected chi connectivity index (χ1v) is 14.8. The van der Waals surface area contributed by atoms with Crippen LogP contribution in [0.1, 0.15) is 40.4 Å². The fourth-order valence-corrected chi connectivity index (χ4v) is 5.65. The van der Waals surface area contributed by atoms with Gasteiger partial charge in [-0.1, -0.05) is 53.5 Å². The quantitative estimate of drug-likeness (QED) is 0.244. The molecule has 1 aliphatic heterocycles. The van der Waals surface area contributed by atoms with E-state index in [9.17, 15) is 19.5 Å². The first-order valence-electron chi connectivity index (χ1n) is 14.0. The standard InChI is InChI=1S/C32H35Cl2N3O6/c1-3-43-29-14-21(8-11-28(29)42-2)12-13-35-31(40)26-7-5-4-6-23(26)19-36-17-22(15-30(38)39)18-37(32(36)41)20-24-9-10-25(33)16-27(24)34/h4-11,14,16,22H,3,12-13,15,17-20H2,1-2H3,(H,35,40)(H,38,39). The highest BCUT2D eigenvalue weighted by Crippen LogP contribution is 2.29. The molecule has 1 heterocycles. The minimum Gasteiger partial charge on any atom is -0.493 e. The monoisotopic (exact) mass is 627 g/mol. The number of carboxylic acid groups (broad SMARTS) is 1. The first-order chi connectivity index (χ1) is 20.7. The molecule has 43 heavy (non-hydrogen) atoms. The third-order valence-corrected chi connectivity index (χ3v) is 7.78. The lowest BCUT2D eigenvalue weighted by molar-refractivity contribution is -0.138. The molecule has 1 atom stereocenters. The second-order valence-electron chi connectivity index (χ2n) is 10.3. The molecule has 1 saturated heterocycles. The number of methoxy groups -OCH3 is 1. The number of hydrogen-bond donors (Lipinski definition) is 2. The van der Waals surface area contributed by atoms with Crippen LogP contribution >= 0.6 is 23.2 Å². The molecule has 0 bridgehead atoms. The van der Waals surface area contributed by atoms with E-state index in [-0.39, 0.29) is 50.5 Å². The van der Waals surface area contributed by atoms with Gasteiger partial charge in [0.2, 0.25) is 0 Å². The van der Waals surface area contributed by atoms with E-state index in [1.807, 2.05) is 31.2 Å². The number of nitrogens with zero attached hydrogens (tertiary/aromatic N) is 2. The SMILES string of the molecule is CCOc1cc(CCNC(=O)c2ccccc2CN2CC(CC(=O)O)CN(Cc3ccc(Cl)cc3Cl)C2=O)ccc1OC. The number of nitrogens with one attached hydrogen (secondary N) is 1. The van der Waals surface area contributed by atoms with Crippen LogP contribution < -0.4 is 14.8 Å². The summed E-state index contributed by atoms with van der Waals surface area (Å²) in [5, 5.41) is 13.4. The van der Waals surface area contributed by atoms with Crippen molar-refractivity contribution in [2.24, 2.45) is 5.92 Å². The van der Waals surface area contributed by atoms with Gasteiger partial charge >= 0.3 is 12.0 Å². The third kappa shape index (κ3) is 8.55. The third-order valence-electron chi connectivity index (χ3n) is 7.19. The summed E-state index contributed by atoms with van der Waals surface area (Å²) in [7, 11) is 1.59. The van der Waals surface area contributed by atoms with Crippen LogP contribution in [0.3, 0.4) is 0 Å². The van der Waals surface area contributed by atoms with E-state index in [1.165, 1.54) is 0 Å². The molecule has 1 unspecified atom stereocenters. The molecule has 0 saturated carbocycles. The van der Waals surface area contributed by atoms with Gasteiger partial charge in [0.05, 0.1) is 20.1 Å². The molecule has 0 radical (unpaired) electrons. The molecule has 0 spiro atoms. The fraction of sp³-hybridized carbons (Fsp3) is 0.344. The minimum atomic E-state index is -0.936. The molecular formula is C32H35Cl2N3O6. The predicted octanol–water partition coefficient (Wildman–Crippen LogP) is 5.90. The number of aliphatic carboxylic acids is 1. The van der Waals surface area contributed by atoms with Gasteiger partial charge in [-0.2, -0.15) is 0 Å². The van der Waals surface area contributed by atoms with Crippen LogP contribution in [-0.4, -0.2) is 66.2 Å². The maximum atomic E-state index is 13.6. The molecule has 2 N–H and O–H groups in total. The Kier molecular flexibility index (Phi) is 11.1. The van der Waals surface area contributed by atoms with Crippen molar-refractivity contribution in [1.29, 1.82) is 0 Å². The summed E-state index contributed by atoms with van der Waals surface area (Å²) >= 11 is 12.4. The number of carboxylic acids is 1. The van der Waals surface area contributed by atoms with Crippen LogP contribution in [0.25, 0.3) is 0 Å². The Morgan fingerprint density at radius 1 is 0.977 bits per heavy atom. The van der Waals surface area contributed by atoms with Gasteiger partial charge in [0.25, 0.3) is 5.91 Å². The molecule has 11 heteroatoms. The lowest BCUT2D eigenvalue weighted by atomic mass is 9.99. The molecule has 1 fully saturated rings. The van der Waals surface area contributed by atoms with Crippen molar-refractivity contribution in [3.63, 3.8) is 0 Å². The van der Waals surface area contributed by atoms with E-state index >= 15 is 0 Å². The molecule has 0 aromatic heterocycles. The highest BCUT2D eigenvalue weighted by molar-refractivity contribution is 6.35. The topological polar surface area (TPSA) is 108 Å². The Morgan fingerprint density at radius 3 is 2.37 bits per heavy atom. The first kappa shape index (κ1) is 32.0. The Morgan fingerprint density at radius 2 is 1.70 bits per heavy atom. The summed E-state index contributed by atoms with van der Waals surface area (Å²) in [6.45, 7) is 3.70. The summed E-state index contributed by atoms with van der Waals surface area (Å²) in [6.07, 6.45) is 0.495. The Bertz CT molecular complexity index is 1470. The van der Waals surface area contributed by atoms with Crippen LogP contribution in [0, 0.1) is 5.92 Å². The van der Waals surface area contributed by atoms with Crippen molar-refractivity contribution in [2.75, 3.05) is 33.4 Å². The highest BCUT2D eigenvalue weighted by atomic mass is 35.5. The number of amides is 3. The summed E-state index contributed by atoms with van der Waals surface area (Å²) in [5.41, 5.74) is 2.81. The fourth-order valence-electron chi connectivity index (χ4n) is 5.18. The van der Waals surface area contributed by atoms with Crippen LogP contribution in [0.2, 0.25) is 10.0 Å². The normalized spacial score (nSPS) is 14.9. The average Bonchev–Trinajstić information content (AvgIpc) is 2.97. The van der Waals surface area contributed by atoms with Gasteiger partial charge in [0.15, 0.2) is 11.5 Å². The van der Waals surface area contributed by atoms with Crippen molar-refractivity contribution in [2.45, 2.75) is 32.9 Å². The number of carbonyl (C=O) groups is 3. The summed E-state index contributed by atoms with van der Waals surface area (Å²) in [5.74, 6) is -0.192. The summed E-state index contributed by atoms with van der Waals surface area (Å²) < 4.78 is 11.0. The van der Waals surface area contributed by atoms with E-state index in [0.717, 1.165) is 5.56 Å². The number of ether oxygens (including phenoxy) is 2. The molecule has 3 aromatic carbocycles. The summed E-state index contributed by atoms with van der Waals surface area (Å²) in [4.78, 5) is 41.6. The van der Waals surface area contributed by atoms with Gasteiger partial charge in [0.1, 0.15) is 0 Å². The van der Waals surface area contributed by atoms with Crippen LogP contribution in [0.4, 0.5) is 4.79 Å². The maximum Gasteiger partial charge on any atom is 0.320 e. The maximum absolute atomic E-state index is 13.6. The minimum absolute atomic E-state index is 0.0901. The van der Waals surface area contributed by atoms with Crippen molar-refractivity contribution in [3.05, 3.63) is 93.0 Å². The van der Waals surface area contributed by atoms with Crippen molar-refractivity contribution < 1.29 is 29.0 Å². The molecule has 4 rings (SSSR count). The zero-order valence-corrected chi connectivity index (χ0v) is 25.7. The summed E-state index contributed by atoms with van der Waals surface area (Å²) in [6, 6.07) is 17.6. The van der Waals surface area contributed by atoms with Crippen molar-refractivity contribution in [3.8, 4) is 11.5 Å². The largest absolute Gasteiger partial charge is 0.493 e. The lowest BCUT2D eigenvalue weighted by Gasteiger charge is -2.40. The second kappa shape index (κ2) is 15.0. The molecule has 9 nitrogen and oxygen atoms in total. The molecule has 3 amide bonds. The van der Waals surface area contributed by atoms with Gasteiger partial charge in [-0.15, -0.1) is 0 Å². The van der Waals surface area contributed by atoms with E-state index in [4.69, 9.17) is 32.7 Å². The molecular weight excluding hydrogens is 593 g/mol. The Balaban J connectivity index is 1.46. The van der Waals surface area contributed by atoms with Gasteiger partial charge in [-0.05, 0) is 60.4 Å². The molecule has 0 aliphatic carbocycles. The van der Waals surface area contributed by atoms with E-state index in [1.54, 1.807) is 53.3 Å². The number of urea groups is 1. The predicted molar refractivity (Wildman–Crippen MR) is 165 cm³/mol. The lowest BCUT2D eigenvalue weighted by Crippen LogP contribution is -2.53. The van der Waals surface area contributed by atoms with Crippen LogP contribution in [0.15, 0.2) is 60.7 Å². The number of hydrogen-bond acceptors (Lipinski definition) is 5. The van der Waals surface area contributed by atoms with E-state index in [2.05, 4.69) is 5.32 Å². The van der Waals surface area contributed by atoms with Gasteiger partial charge in [-0.25, -0.2) is 4.79 Å². The Hall–Kier alpha value is -3.95. The highest BCUT2D eigenvalue weighted by Gasteiger charge is 2.33. The number of rotatable bonds is 13. The molecule has 3 aromatic rings. The van der Waals surface area contributed by atoms with Crippen molar-refractivity contribution >= 4 is 41.1 Å². The van der Waals surface area contributed by atoms with Gasteiger partial charge in [0, 0.05) is 54.3 Å². The number of halogens is 2. The van der Waals surface area contributed by atoms with Gasteiger partial charge < -0.3 is 29.7 Å². The second-order valence-corrected chi connectivity index (χ2v) is 11.2. The number of carbonyl (C=O) groups excluding carboxylic acids is 2. The Labute approximate surface area is 261 Å². The van der Waals surface area contributed by atoms with E-state index < -0.39 is 5.97 Å². The van der Waals surface area contributed by atoms with Crippen LogP contribution in [-0.2, 0) is 24.3 Å². The van der Waals surface area contributed by atoms with Crippen molar-refractivity contribution in [1.82, 2.24) is 15.1 Å². The zero-order chi connectivity index (χ0) is 30.9. The smallest absolute Gasteiger partial charge is 0.320 e. The van der Waals surface area contributed by atoms with E-state index in [0.29, 0.717) is 57.8 Å². The van der Waals surface area contributed by atoms with Crippen LogP contribution in [0.5, 0.6) is 11.5 Å². The zero-order valence-electron chi connectivity index (χ0n) is 24.1. The molecule has 1 aliphatic rings. The number of benzene rings is 3. The molecule has 228 valence electrons.